The van der Waals surface area contributed by atoms with Gasteiger partial charge in [0.05, 0.1) is 0 Å². The summed E-state index contributed by atoms with van der Waals surface area (Å²) in [5.74, 6) is 0. The average Bonchev–Trinajstić information content (AvgIpc) is 3.22. The van der Waals surface area contributed by atoms with Gasteiger partial charge in [0.25, 0.3) is 0 Å². The molecule has 0 atom stereocenters. The van der Waals surface area contributed by atoms with E-state index < -0.39 is 38.4 Å². The van der Waals surface area contributed by atoms with Crippen molar-refractivity contribution in [2.24, 2.45) is 0 Å². The molecule has 0 rings (SSSR count). The van der Waals surface area contributed by atoms with Gasteiger partial charge < -0.3 is 0 Å². The molecule has 0 aromatic carbocycles. The monoisotopic (exact) mass is 1020 g/mol. The molecule has 0 spiro atoms. The van der Waals surface area contributed by atoms with Gasteiger partial charge in [-0.05, 0) is 12.8 Å². The SMILES string of the molecule is CCCCCCCCC=CCCCCCCCC[O][Sn]([CH2]CCC)([CH2]CCC)[O][Sn]([CH2]CCC)([CH2]CCC)[O]CCCCCCCCC=CCCCCCCCC. The molecule has 0 heterocycles. The molecule has 0 saturated heterocycles. The van der Waals surface area contributed by atoms with Crippen molar-refractivity contribution in [1.29, 1.82) is 0 Å². The molecule has 0 amide bonds. The van der Waals surface area contributed by atoms with E-state index >= 15 is 0 Å². The normalized spacial score (nSPS) is 12.6. The summed E-state index contributed by atoms with van der Waals surface area (Å²) < 4.78 is 27.3. The van der Waals surface area contributed by atoms with Crippen molar-refractivity contribution >= 4 is 38.4 Å². The number of unbranched alkanes of at least 4 members (excludes halogenated alkanes) is 28. The van der Waals surface area contributed by atoms with Gasteiger partial charge in [0.2, 0.25) is 0 Å². The van der Waals surface area contributed by atoms with Crippen molar-refractivity contribution < 1.29 is 7.56 Å². The minimum absolute atomic E-state index is 0.934. The predicted octanol–water partition coefficient (Wildman–Crippen LogP) is 19.2. The predicted molar refractivity (Wildman–Crippen MR) is 262 cm³/mol. The van der Waals surface area contributed by atoms with E-state index in [0.29, 0.717) is 0 Å². The van der Waals surface area contributed by atoms with E-state index in [1.54, 1.807) is 0 Å². The van der Waals surface area contributed by atoms with E-state index in [0.717, 1.165) is 13.2 Å². The van der Waals surface area contributed by atoms with E-state index in [1.807, 2.05) is 0 Å². The van der Waals surface area contributed by atoms with Crippen LogP contribution in [-0.4, -0.2) is 51.6 Å². The molecule has 0 aromatic rings. The standard InChI is InChI=1S/2C18H35O.4C4H9.O.2Sn/c2*1-2-3-4-5-6-7-8-9-10-11-12-13-14-15-16-17-18-19;4*1-3-4-2;;;/h2*9-10H,2-8,11-18H2,1H3;4*1,3-4H2,2H3;;;/q2*-1;;;;;;2*+1. The number of hydrogen-bond donors (Lipinski definition) is 0. The van der Waals surface area contributed by atoms with Crippen LogP contribution in [0.25, 0.3) is 0 Å². The molecule has 5 heteroatoms. The molecule has 0 unspecified atom stereocenters. The molecule has 0 aliphatic carbocycles. The molecule has 3 nitrogen and oxygen atoms in total. The first-order valence-electron chi connectivity index (χ1n) is 26.4. The average molecular weight is 1020 g/mol. The van der Waals surface area contributed by atoms with E-state index in [2.05, 4.69) is 65.8 Å². The summed E-state index contributed by atoms with van der Waals surface area (Å²) in [4.78, 5) is 0. The first-order chi connectivity index (χ1) is 28.1. The fourth-order valence-electron chi connectivity index (χ4n) is 8.14. The van der Waals surface area contributed by atoms with Gasteiger partial charge in [-0.25, -0.2) is 0 Å². The van der Waals surface area contributed by atoms with E-state index in [4.69, 9.17) is 7.56 Å². The van der Waals surface area contributed by atoms with E-state index in [9.17, 15) is 0 Å². The summed E-state index contributed by atoms with van der Waals surface area (Å²) in [5, 5.41) is 0. The van der Waals surface area contributed by atoms with Crippen LogP contribution >= 0.6 is 0 Å². The van der Waals surface area contributed by atoms with Crippen LogP contribution in [0.4, 0.5) is 0 Å². The molecule has 0 aromatic heterocycles. The van der Waals surface area contributed by atoms with E-state index in [1.165, 1.54) is 249 Å². The van der Waals surface area contributed by atoms with Crippen molar-refractivity contribution in [1.82, 2.24) is 0 Å². The Morgan fingerprint density at radius 2 is 0.491 bits per heavy atom. The molecule has 0 fully saturated rings. The fourth-order valence-corrected chi connectivity index (χ4v) is 50.8. The first kappa shape index (κ1) is 58.0. The van der Waals surface area contributed by atoms with Crippen molar-refractivity contribution in [3.8, 4) is 0 Å². The van der Waals surface area contributed by atoms with Crippen LogP contribution in [0.1, 0.15) is 273 Å². The Morgan fingerprint density at radius 3 is 0.754 bits per heavy atom. The topological polar surface area (TPSA) is 27.7 Å². The minimum Gasteiger partial charge on any atom is -0.0654 e. The Morgan fingerprint density at radius 1 is 0.263 bits per heavy atom. The van der Waals surface area contributed by atoms with Crippen molar-refractivity contribution in [2.75, 3.05) is 13.2 Å². The third-order valence-corrected chi connectivity index (χ3v) is 45.3. The van der Waals surface area contributed by atoms with Crippen LogP contribution in [0.5, 0.6) is 0 Å². The van der Waals surface area contributed by atoms with Crippen LogP contribution in [0.2, 0.25) is 17.7 Å². The Bertz CT molecular complexity index is 748. The zero-order valence-corrected chi connectivity index (χ0v) is 45.9. The summed E-state index contributed by atoms with van der Waals surface area (Å²) >= 11 is -6.63. The third kappa shape index (κ3) is 38.4. The minimum atomic E-state index is -3.31. The number of allylic oxidation sites excluding steroid dienone is 4. The molecule has 0 saturated carbocycles. The van der Waals surface area contributed by atoms with Gasteiger partial charge in [-0.15, -0.1) is 0 Å². The van der Waals surface area contributed by atoms with Crippen molar-refractivity contribution in [3.63, 3.8) is 0 Å². The molecule has 0 aliphatic rings. The van der Waals surface area contributed by atoms with E-state index in [-0.39, 0.29) is 0 Å². The van der Waals surface area contributed by atoms with Crippen LogP contribution in [0.15, 0.2) is 24.3 Å². The first-order valence-corrected chi connectivity index (χ1v) is 39.1. The Hall–Kier alpha value is 0.957. The summed E-state index contributed by atoms with van der Waals surface area (Å²) in [6.45, 7) is 15.9. The number of rotatable bonds is 48. The van der Waals surface area contributed by atoms with Crippen molar-refractivity contribution in [3.05, 3.63) is 24.3 Å². The second-order valence-corrected chi connectivity index (χ2v) is 40.2. The summed E-state index contributed by atoms with van der Waals surface area (Å²) in [6.07, 6.45) is 57.7. The molecule has 0 radical (unpaired) electrons. The van der Waals surface area contributed by atoms with Gasteiger partial charge in [0, 0.05) is 0 Å². The van der Waals surface area contributed by atoms with Gasteiger partial charge in [-0.2, -0.15) is 0 Å². The number of hydrogen-bond acceptors (Lipinski definition) is 3. The Labute approximate surface area is 371 Å². The second-order valence-electron chi connectivity index (χ2n) is 17.9. The van der Waals surface area contributed by atoms with Gasteiger partial charge in [-0.1, -0.05) is 78.1 Å². The van der Waals surface area contributed by atoms with Crippen molar-refractivity contribution in [2.45, 2.75) is 290 Å². The molecular formula is C52H106O3Sn2. The molecule has 57 heavy (non-hydrogen) atoms. The smallest absolute Gasteiger partial charge is 0.0654 e. The molecule has 0 aliphatic heterocycles. The van der Waals surface area contributed by atoms with Gasteiger partial charge in [0.15, 0.2) is 0 Å². The van der Waals surface area contributed by atoms with Crippen LogP contribution in [0, 0.1) is 0 Å². The zero-order chi connectivity index (χ0) is 41.6. The third-order valence-electron chi connectivity index (χ3n) is 12.1. The van der Waals surface area contributed by atoms with Crippen LogP contribution in [0.3, 0.4) is 0 Å². The Balaban J connectivity index is 4.87. The maximum absolute atomic E-state index is 7.85. The summed E-state index contributed by atoms with van der Waals surface area (Å²) in [5.41, 5.74) is 0. The van der Waals surface area contributed by atoms with Gasteiger partial charge in [0.1, 0.15) is 0 Å². The molecule has 340 valence electrons. The second kappa shape index (κ2) is 46.5. The maximum atomic E-state index is 7.85. The quantitative estimate of drug-likeness (QED) is 0.0345. The zero-order valence-electron chi connectivity index (χ0n) is 40.2. The van der Waals surface area contributed by atoms with Gasteiger partial charge in [-0.3, -0.25) is 0 Å². The molecule has 0 N–H and O–H groups in total. The van der Waals surface area contributed by atoms with Crippen LogP contribution in [-0.2, 0) is 7.56 Å². The Kier molecular flexibility index (Phi) is 47.2. The molecular weight excluding hydrogens is 910 g/mol. The van der Waals surface area contributed by atoms with Gasteiger partial charge >= 0.3 is 283 Å². The molecule has 0 bridgehead atoms. The summed E-state index contributed by atoms with van der Waals surface area (Å²) in [6, 6.07) is 0. The fraction of sp³-hybridized carbons (Fsp3) is 0.923. The van der Waals surface area contributed by atoms with Crippen LogP contribution < -0.4 is 0 Å². The summed E-state index contributed by atoms with van der Waals surface area (Å²) in [7, 11) is 0.